The molecular formula is C25H29FN2O. The molecule has 0 unspecified atom stereocenters. The van der Waals surface area contributed by atoms with Gasteiger partial charge in [-0.25, -0.2) is 4.39 Å². The lowest BCUT2D eigenvalue weighted by Crippen LogP contribution is -2.48. The number of likely N-dealkylation sites (tertiary alicyclic amines) is 2. The molecule has 5 rings (SSSR count). The zero-order valence-corrected chi connectivity index (χ0v) is 17.1. The van der Waals surface area contributed by atoms with Crippen LogP contribution in [0.25, 0.3) is 0 Å². The fourth-order valence-electron chi connectivity index (χ4n) is 5.36. The Morgan fingerprint density at radius 2 is 1.79 bits per heavy atom. The Morgan fingerprint density at radius 3 is 2.52 bits per heavy atom. The first-order valence-corrected chi connectivity index (χ1v) is 10.9. The molecule has 2 aromatic carbocycles. The molecule has 1 aliphatic carbocycles. The van der Waals surface area contributed by atoms with Gasteiger partial charge in [0.05, 0.1) is 0 Å². The van der Waals surface area contributed by atoms with Crippen molar-refractivity contribution in [2.24, 2.45) is 11.8 Å². The van der Waals surface area contributed by atoms with E-state index in [1.165, 1.54) is 16.7 Å². The van der Waals surface area contributed by atoms with Gasteiger partial charge in [-0.05, 0) is 55.0 Å². The van der Waals surface area contributed by atoms with E-state index in [0.717, 1.165) is 45.4 Å². The monoisotopic (exact) mass is 392 g/mol. The topological polar surface area (TPSA) is 23.6 Å². The molecule has 3 aliphatic rings. The molecule has 4 heteroatoms. The van der Waals surface area contributed by atoms with E-state index in [4.69, 9.17) is 0 Å². The highest BCUT2D eigenvalue weighted by molar-refractivity contribution is 5.82. The van der Waals surface area contributed by atoms with E-state index >= 15 is 0 Å². The number of nitrogens with zero attached hydrogens (tertiary/aromatic N) is 2. The second kappa shape index (κ2) is 7.56. The molecule has 2 aromatic rings. The van der Waals surface area contributed by atoms with Gasteiger partial charge >= 0.3 is 0 Å². The van der Waals surface area contributed by atoms with Crippen LogP contribution in [0.3, 0.4) is 0 Å². The first kappa shape index (κ1) is 18.8. The molecule has 152 valence electrons. The number of rotatable bonds is 4. The average Bonchev–Trinajstić information content (AvgIpc) is 3.51. The predicted octanol–water partition coefficient (Wildman–Crippen LogP) is 4.36. The van der Waals surface area contributed by atoms with E-state index in [2.05, 4.69) is 41.0 Å². The summed E-state index contributed by atoms with van der Waals surface area (Å²) in [4.78, 5) is 17.7. The number of piperidine rings is 1. The van der Waals surface area contributed by atoms with Gasteiger partial charge < -0.3 is 4.90 Å². The summed E-state index contributed by atoms with van der Waals surface area (Å²) in [7, 11) is 0. The summed E-state index contributed by atoms with van der Waals surface area (Å²) in [6.45, 7) is 5.95. The van der Waals surface area contributed by atoms with Gasteiger partial charge in [-0.1, -0.05) is 36.4 Å². The smallest absolute Gasteiger partial charge is 0.225 e. The highest BCUT2D eigenvalue weighted by Gasteiger charge is 2.49. The minimum absolute atomic E-state index is 0.195. The molecule has 0 radical (unpaired) electrons. The average molecular weight is 393 g/mol. The van der Waals surface area contributed by atoms with E-state index in [9.17, 15) is 9.18 Å². The van der Waals surface area contributed by atoms with E-state index < -0.39 is 0 Å². The molecule has 29 heavy (non-hydrogen) atoms. The third kappa shape index (κ3) is 3.71. The number of carbonyl (C=O) groups is 1. The lowest BCUT2D eigenvalue weighted by Gasteiger charge is -2.39. The van der Waals surface area contributed by atoms with Gasteiger partial charge in [0.15, 0.2) is 0 Å². The summed E-state index contributed by atoms with van der Waals surface area (Å²) < 4.78 is 13.5. The second-order valence-electron chi connectivity index (χ2n) is 9.10. The zero-order chi connectivity index (χ0) is 20.0. The van der Waals surface area contributed by atoms with Crippen molar-refractivity contribution >= 4 is 5.91 Å². The van der Waals surface area contributed by atoms with Crippen LogP contribution in [0, 0.1) is 24.6 Å². The van der Waals surface area contributed by atoms with E-state index in [1.807, 2.05) is 12.1 Å². The highest BCUT2D eigenvalue weighted by atomic mass is 19.1. The Balaban J connectivity index is 1.39. The first-order chi connectivity index (χ1) is 14.1. The maximum absolute atomic E-state index is 13.5. The van der Waals surface area contributed by atoms with E-state index in [1.54, 1.807) is 12.1 Å². The van der Waals surface area contributed by atoms with E-state index in [-0.39, 0.29) is 11.7 Å². The molecule has 0 spiro atoms. The number of fused-ring (bicyclic) bond motifs is 1. The fourth-order valence-corrected chi connectivity index (χ4v) is 5.36. The molecule has 0 bridgehead atoms. The summed E-state index contributed by atoms with van der Waals surface area (Å²) in [5, 5.41) is 0. The summed E-state index contributed by atoms with van der Waals surface area (Å²) in [5.74, 6) is 1.13. The van der Waals surface area contributed by atoms with Crippen LogP contribution in [0.5, 0.6) is 0 Å². The van der Waals surface area contributed by atoms with E-state index in [0.29, 0.717) is 23.8 Å². The van der Waals surface area contributed by atoms with Gasteiger partial charge in [0.2, 0.25) is 5.91 Å². The number of halogens is 1. The number of hydrogen-bond acceptors (Lipinski definition) is 2. The quantitative estimate of drug-likeness (QED) is 0.772. The minimum Gasteiger partial charge on any atom is -0.338 e. The molecule has 2 aliphatic heterocycles. The van der Waals surface area contributed by atoms with Gasteiger partial charge in [0.25, 0.3) is 0 Å². The summed E-state index contributed by atoms with van der Waals surface area (Å²) in [6.07, 6.45) is 3.13. The standard InChI is InChI=1S/C25H29FN2O/c1-17-4-2-3-5-20(17)14-27-13-12-24-23(15-27)22(18-8-10-21(26)11-9-18)16-28(24)25(29)19-6-7-19/h2-5,8-11,19,22-24H,6-7,12-16H2,1H3/t22-,23-,24-/m1/s1. The Labute approximate surface area is 172 Å². The van der Waals surface area contributed by atoms with Gasteiger partial charge in [-0.3, -0.25) is 9.69 Å². The van der Waals surface area contributed by atoms with Crippen molar-refractivity contribution in [3.05, 3.63) is 71.0 Å². The van der Waals surface area contributed by atoms with Crippen molar-refractivity contribution < 1.29 is 9.18 Å². The van der Waals surface area contributed by atoms with Crippen molar-refractivity contribution in [3.8, 4) is 0 Å². The van der Waals surface area contributed by atoms with Crippen molar-refractivity contribution in [2.45, 2.75) is 44.7 Å². The lowest BCUT2D eigenvalue weighted by molar-refractivity contribution is -0.134. The van der Waals surface area contributed by atoms with Crippen LogP contribution < -0.4 is 0 Å². The van der Waals surface area contributed by atoms with Gasteiger partial charge in [0, 0.05) is 50.0 Å². The van der Waals surface area contributed by atoms with Gasteiger partial charge in [-0.2, -0.15) is 0 Å². The van der Waals surface area contributed by atoms with Crippen LogP contribution in [0.15, 0.2) is 48.5 Å². The fraction of sp³-hybridized carbons (Fsp3) is 0.480. The van der Waals surface area contributed by atoms with Crippen molar-refractivity contribution in [2.75, 3.05) is 19.6 Å². The van der Waals surface area contributed by atoms with Crippen LogP contribution in [0.2, 0.25) is 0 Å². The van der Waals surface area contributed by atoms with Crippen LogP contribution in [0.4, 0.5) is 4.39 Å². The Kier molecular flexibility index (Phi) is 4.91. The predicted molar refractivity (Wildman–Crippen MR) is 112 cm³/mol. The lowest BCUT2D eigenvalue weighted by atomic mass is 9.81. The number of hydrogen-bond donors (Lipinski definition) is 0. The maximum Gasteiger partial charge on any atom is 0.225 e. The number of benzene rings is 2. The third-order valence-electron chi connectivity index (χ3n) is 7.18. The molecule has 0 aromatic heterocycles. The summed E-state index contributed by atoms with van der Waals surface area (Å²) in [6, 6.07) is 15.9. The molecule has 0 N–H and O–H groups in total. The molecule has 2 heterocycles. The van der Waals surface area contributed by atoms with Crippen molar-refractivity contribution in [1.29, 1.82) is 0 Å². The van der Waals surface area contributed by atoms with Gasteiger partial charge in [0.1, 0.15) is 5.82 Å². The zero-order valence-electron chi connectivity index (χ0n) is 17.1. The third-order valence-corrected chi connectivity index (χ3v) is 7.18. The largest absolute Gasteiger partial charge is 0.338 e. The van der Waals surface area contributed by atoms with Crippen LogP contribution in [-0.2, 0) is 11.3 Å². The molecule has 3 fully saturated rings. The first-order valence-electron chi connectivity index (χ1n) is 10.9. The molecule has 3 atom stereocenters. The Hall–Kier alpha value is -2.20. The normalized spacial score (nSPS) is 27.1. The molecule has 3 nitrogen and oxygen atoms in total. The van der Waals surface area contributed by atoms with Crippen LogP contribution in [0.1, 0.15) is 41.9 Å². The molecule has 1 saturated carbocycles. The molecule has 2 saturated heterocycles. The number of aryl methyl sites for hydroxylation is 1. The van der Waals surface area contributed by atoms with Crippen LogP contribution >= 0.6 is 0 Å². The maximum atomic E-state index is 13.5. The van der Waals surface area contributed by atoms with Crippen molar-refractivity contribution in [3.63, 3.8) is 0 Å². The highest BCUT2D eigenvalue weighted by Crippen LogP contribution is 2.44. The minimum atomic E-state index is -0.195. The van der Waals surface area contributed by atoms with Crippen LogP contribution in [-0.4, -0.2) is 41.4 Å². The number of amides is 1. The molecular weight excluding hydrogens is 363 g/mol. The summed E-state index contributed by atoms with van der Waals surface area (Å²) >= 11 is 0. The summed E-state index contributed by atoms with van der Waals surface area (Å²) in [5.41, 5.74) is 3.89. The number of carbonyl (C=O) groups excluding carboxylic acids is 1. The Morgan fingerprint density at radius 1 is 1.03 bits per heavy atom. The SMILES string of the molecule is Cc1ccccc1CN1CC[C@@H]2[C@H](C1)[C@@H](c1ccc(F)cc1)CN2C(=O)C1CC1. The van der Waals surface area contributed by atoms with Gasteiger partial charge in [-0.15, -0.1) is 0 Å². The Bertz CT molecular complexity index is 892. The molecule has 1 amide bonds. The van der Waals surface area contributed by atoms with Crippen molar-refractivity contribution in [1.82, 2.24) is 9.80 Å². The second-order valence-corrected chi connectivity index (χ2v) is 9.10.